The Morgan fingerprint density at radius 2 is 1.62 bits per heavy atom. The monoisotopic (exact) mass is 470 g/mol. The van der Waals surface area contributed by atoms with Crippen LogP contribution in [0.5, 0.6) is 0 Å². The molecule has 0 aliphatic rings. The Morgan fingerprint density at radius 3 is 2.25 bits per heavy atom. The van der Waals surface area contributed by atoms with Crippen molar-refractivity contribution < 1.29 is 13.2 Å². The van der Waals surface area contributed by atoms with Gasteiger partial charge in [-0.05, 0) is 61.2 Å². The van der Waals surface area contributed by atoms with E-state index in [1.807, 2.05) is 63.2 Å². The Balaban J connectivity index is 1.91. The largest absolute Gasteiger partial charge is 0.324 e. The van der Waals surface area contributed by atoms with Crippen LogP contribution >= 0.6 is 11.6 Å². The lowest BCUT2D eigenvalue weighted by Gasteiger charge is -2.23. The van der Waals surface area contributed by atoms with E-state index >= 15 is 0 Å². The van der Waals surface area contributed by atoms with Gasteiger partial charge in [0.25, 0.3) is 0 Å². The fourth-order valence-corrected chi connectivity index (χ4v) is 4.93. The van der Waals surface area contributed by atoms with Crippen molar-refractivity contribution in [1.29, 1.82) is 0 Å². The van der Waals surface area contributed by atoms with E-state index in [0.29, 0.717) is 5.02 Å². The third kappa shape index (κ3) is 5.76. The number of hydrogen-bond donors (Lipinski definition) is 1. The molecule has 0 aliphatic carbocycles. The molecule has 0 aromatic heterocycles. The summed E-state index contributed by atoms with van der Waals surface area (Å²) in [5, 5.41) is 3.36. The number of rotatable bonds is 8. The summed E-state index contributed by atoms with van der Waals surface area (Å²) in [6, 6.07) is 19.4. The lowest BCUT2D eigenvalue weighted by Crippen LogP contribution is -2.37. The highest BCUT2D eigenvalue weighted by Crippen LogP contribution is 2.23. The second-order valence-electron chi connectivity index (χ2n) is 7.72. The van der Waals surface area contributed by atoms with Crippen LogP contribution in [0.25, 0.3) is 0 Å². The van der Waals surface area contributed by atoms with Gasteiger partial charge in [0.05, 0.1) is 11.4 Å². The molecule has 0 bridgehead atoms. The molecule has 0 spiro atoms. The number of amides is 1. The van der Waals surface area contributed by atoms with Gasteiger partial charge in [0.15, 0.2) is 0 Å². The van der Waals surface area contributed by atoms with Crippen molar-refractivity contribution in [2.75, 3.05) is 11.9 Å². The molecule has 3 aromatic carbocycles. The van der Waals surface area contributed by atoms with E-state index in [9.17, 15) is 13.2 Å². The van der Waals surface area contributed by atoms with Crippen LogP contribution in [0.2, 0.25) is 5.02 Å². The van der Waals surface area contributed by atoms with Crippen LogP contribution in [0.4, 0.5) is 5.69 Å². The summed E-state index contributed by atoms with van der Waals surface area (Å²) < 4.78 is 28.0. The van der Waals surface area contributed by atoms with Gasteiger partial charge in [0.1, 0.15) is 0 Å². The number of anilines is 1. The van der Waals surface area contributed by atoms with Gasteiger partial charge >= 0.3 is 0 Å². The zero-order chi connectivity index (χ0) is 23.3. The summed E-state index contributed by atoms with van der Waals surface area (Å²) in [5.41, 5.74) is 4.54. The average molecular weight is 471 g/mol. The second-order valence-corrected chi connectivity index (χ2v) is 10.1. The van der Waals surface area contributed by atoms with Gasteiger partial charge in [-0.3, -0.25) is 4.79 Å². The summed E-state index contributed by atoms with van der Waals surface area (Å²) in [7, 11) is -3.93. The maximum Gasteiger partial charge on any atom is 0.243 e. The highest BCUT2D eigenvalue weighted by Gasteiger charge is 2.27. The minimum atomic E-state index is -3.93. The molecule has 0 fully saturated rings. The molecule has 0 saturated heterocycles. The van der Waals surface area contributed by atoms with E-state index in [4.69, 9.17) is 11.6 Å². The summed E-state index contributed by atoms with van der Waals surface area (Å²) in [6.07, 6.45) is 0.757. The van der Waals surface area contributed by atoms with E-state index in [1.54, 1.807) is 0 Å². The molecule has 0 unspecified atom stereocenters. The van der Waals surface area contributed by atoms with E-state index in [1.165, 1.54) is 28.6 Å². The number of nitrogens with one attached hydrogen (secondary N) is 1. The fraction of sp³-hybridized carbons (Fsp3) is 0.240. The van der Waals surface area contributed by atoms with Gasteiger partial charge in [0.2, 0.25) is 15.9 Å². The van der Waals surface area contributed by atoms with E-state index in [0.717, 1.165) is 34.4 Å². The van der Waals surface area contributed by atoms with Gasteiger partial charge < -0.3 is 5.32 Å². The van der Waals surface area contributed by atoms with Crippen molar-refractivity contribution in [2.45, 2.75) is 38.6 Å². The predicted octanol–water partition coefficient (Wildman–Crippen LogP) is 5.35. The quantitative estimate of drug-likeness (QED) is 0.482. The lowest BCUT2D eigenvalue weighted by molar-refractivity contribution is -0.116. The number of para-hydroxylation sites is 1. The maximum absolute atomic E-state index is 13.4. The molecular weight excluding hydrogens is 444 g/mol. The smallest absolute Gasteiger partial charge is 0.243 e. The molecule has 1 amide bonds. The number of benzene rings is 3. The highest BCUT2D eigenvalue weighted by atomic mass is 35.5. The lowest BCUT2D eigenvalue weighted by atomic mass is 10.1. The van der Waals surface area contributed by atoms with Crippen LogP contribution in [0.15, 0.2) is 71.6 Å². The fourth-order valence-electron chi connectivity index (χ4n) is 3.42. The first-order valence-electron chi connectivity index (χ1n) is 10.4. The Morgan fingerprint density at radius 1 is 0.969 bits per heavy atom. The zero-order valence-corrected chi connectivity index (χ0v) is 20.0. The Kier molecular flexibility index (Phi) is 7.72. The number of carbonyl (C=O) groups is 1. The summed E-state index contributed by atoms with van der Waals surface area (Å²) in [6.45, 7) is 5.67. The third-order valence-electron chi connectivity index (χ3n) is 5.26. The molecule has 1 N–H and O–H groups in total. The van der Waals surface area contributed by atoms with Crippen LogP contribution < -0.4 is 5.32 Å². The summed E-state index contributed by atoms with van der Waals surface area (Å²) >= 11 is 5.93. The van der Waals surface area contributed by atoms with Crippen molar-refractivity contribution in [2.24, 2.45) is 0 Å². The summed E-state index contributed by atoms with van der Waals surface area (Å²) in [5.74, 6) is -0.390. The van der Waals surface area contributed by atoms with Crippen LogP contribution in [0.1, 0.15) is 29.2 Å². The molecular formula is C25H27ClN2O3S. The van der Waals surface area contributed by atoms with Gasteiger partial charge in [-0.25, -0.2) is 8.42 Å². The van der Waals surface area contributed by atoms with Crippen molar-refractivity contribution >= 4 is 33.2 Å². The Hall–Kier alpha value is -2.67. The number of halogens is 1. The molecule has 3 rings (SSSR count). The predicted molar refractivity (Wildman–Crippen MR) is 129 cm³/mol. The standard InChI is InChI=1S/C25H27ClN2O3S/c1-4-21-7-5-6-19(3)25(21)27-24(29)17-28(16-20-10-8-18(2)9-11-20)32(30,31)23-14-12-22(26)13-15-23/h5-15H,4,16-17H2,1-3H3,(H,27,29). The number of aryl methyl sites for hydroxylation is 3. The van der Waals surface area contributed by atoms with Crippen LogP contribution in [0.3, 0.4) is 0 Å². The van der Waals surface area contributed by atoms with E-state index in [-0.39, 0.29) is 18.0 Å². The van der Waals surface area contributed by atoms with Gasteiger partial charge in [-0.1, -0.05) is 66.6 Å². The average Bonchev–Trinajstić information content (AvgIpc) is 2.76. The first kappa shape index (κ1) is 24.0. The van der Waals surface area contributed by atoms with Crippen LogP contribution in [-0.2, 0) is 27.8 Å². The molecule has 0 atom stereocenters. The SMILES string of the molecule is CCc1cccc(C)c1NC(=O)CN(Cc1ccc(C)cc1)S(=O)(=O)c1ccc(Cl)cc1. The molecule has 0 saturated carbocycles. The number of carbonyl (C=O) groups excluding carboxylic acids is 1. The van der Waals surface area contributed by atoms with Crippen molar-refractivity contribution in [3.63, 3.8) is 0 Å². The van der Waals surface area contributed by atoms with Crippen LogP contribution in [0, 0.1) is 13.8 Å². The number of hydrogen-bond acceptors (Lipinski definition) is 3. The van der Waals surface area contributed by atoms with E-state index < -0.39 is 15.9 Å². The minimum absolute atomic E-state index is 0.0765. The number of sulfonamides is 1. The Bertz CT molecular complexity index is 1190. The third-order valence-corrected chi connectivity index (χ3v) is 7.31. The highest BCUT2D eigenvalue weighted by molar-refractivity contribution is 7.89. The molecule has 32 heavy (non-hydrogen) atoms. The topological polar surface area (TPSA) is 66.5 Å². The maximum atomic E-state index is 13.4. The summed E-state index contributed by atoms with van der Waals surface area (Å²) in [4.78, 5) is 13.1. The molecule has 0 radical (unpaired) electrons. The second kappa shape index (κ2) is 10.3. The van der Waals surface area contributed by atoms with Gasteiger partial charge in [-0.2, -0.15) is 4.31 Å². The van der Waals surface area contributed by atoms with Gasteiger partial charge in [-0.15, -0.1) is 0 Å². The minimum Gasteiger partial charge on any atom is -0.324 e. The van der Waals surface area contributed by atoms with E-state index in [2.05, 4.69) is 5.32 Å². The number of nitrogens with zero attached hydrogens (tertiary/aromatic N) is 1. The molecule has 5 nitrogen and oxygen atoms in total. The van der Waals surface area contributed by atoms with Crippen molar-refractivity contribution in [3.05, 3.63) is 94.0 Å². The Labute approximate surface area is 195 Å². The van der Waals surface area contributed by atoms with Crippen molar-refractivity contribution in [1.82, 2.24) is 4.31 Å². The van der Waals surface area contributed by atoms with Gasteiger partial charge in [0, 0.05) is 17.3 Å². The first-order chi connectivity index (χ1) is 15.2. The van der Waals surface area contributed by atoms with Crippen molar-refractivity contribution in [3.8, 4) is 0 Å². The molecule has 168 valence electrons. The van der Waals surface area contributed by atoms with Crippen LogP contribution in [-0.4, -0.2) is 25.2 Å². The molecule has 7 heteroatoms. The zero-order valence-electron chi connectivity index (χ0n) is 18.4. The molecule has 3 aromatic rings. The first-order valence-corrected chi connectivity index (χ1v) is 12.2. The molecule has 0 aliphatic heterocycles. The normalized spacial score (nSPS) is 11.5. The molecule has 0 heterocycles.